The van der Waals surface area contributed by atoms with E-state index < -0.39 is 0 Å². The number of halogens is 2. The Morgan fingerprint density at radius 1 is 0.905 bits per heavy atom. The fourth-order valence-electron chi connectivity index (χ4n) is 2.74. The van der Waals surface area contributed by atoms with Gasteiger partial charge in [-0.2, -0.15) is 0 Å². The summed E-state index contributed by atoms with van der Waals surface area (Å²) in [5.41, 5.74) is 3.45. The lowest BCUT2D eigenvalue weighted by Crippen LogP contribution is -1.99. The Bertz CT molecular complexity index is 772. The molecule has 1 unspecified atom stereocenters. The molecule has 0 saturated heterocycles. The first-order valence-corrected chi connectivity index (χ1v) is 7.84. The topological polar surface area (TPSA) is 0 Å². The van der Waals surface area contributed by atoms with Crippen molar-refractivity contribution >= 4 is 34.0 Å². The van der Waals surface area contributed by atoms with Gasteiger partial charge in [-0.3, -0.25) is 0 Å². The number of fused-ring (bicyclic) bond motifs is 1. The summed E-state index contributed by atoms with van der Waals surface area (Å²) in [6.45, 7) is 2.02. The summed E-state index contributed by atoms with van der Waals surface area (Å²) < 4.78 is 0. The molecule has 0 fully saturated rings. The van der Waals surface area contributed by atoms with Gasteiger partial charge in [-0.25, -0.2) is 0 Å². The van der Waals surface area contributed by atoms with E-state index in [4.69, 9.17) is 23.2 Å². The van der Waals surface area contributed by atoms with E-state index in [0.717, 1.165) is 22.6 Å². The molecule has 3 aromatic rings. The van der Waals surface area contributed by atoms with Gasteiger partial charge in [0, 0.05) is 5.02 Å². The summed E-state index contributed by atoms with van der Waals surface area (Å²) >= 11 is 12.9. The van der Waals surface area contributed by atoms with Gasteiger partial charge in [0.1, 0.15) is 0 Å². The average Bonchev–Trinajstić information content (AvgIpc) is 2.50. The molecule has 0 nitrogen and oxygen atoms in total. The number of alkyl halides is 1. The van der Waals surface area contributed by atoms with Crippen molar-refractivity contribution in [3.63, 3.8) is 0 Å². The number of hydrogen-bond acceptors (Lipinski definition) is 0. The lowest BCUT2D eigenvalue weighted by atomic mass is 9.96. The number of benzene rings is 3. The van der Waals surface area contributed by atoms with Crippen molar-refractivity contribution < 1.29 is 0 Å². The van der Waals surface area contributed by atoms with Crippen molar-refractivity contribution in [3.8, 4) is 0 Å². The molecule has 3 rings (SSSR count). The van der Waals surface area contributed by atoms with E-state index in [0.29, 0.717) is 0 Å². The lowest BCUT2D eigenvalue weighted by molar-refractivity contribution is 0.917. The normalized spacial score (nSPS) is 12.5. The van der Waals surface area contributed by atoms with Crippen LogP contribution in [-0.2, 0) is 6.42 Å². The average molecular weight is 315 g/mol. The predicted octanol–water partition coefficient (Wildman–Crippen LogP) is 6.32. The van der Waals surface area contributed by atoms with Gasteiger partial charge in [-0.15, -0.1) is 11.6 Å². The van der Waals surface area contributed by atoms with Crippen LogP contribution in [0.25, 0.3) is 10.8 Å². The van der Waals surface area contributed by atoms with Crippen LogP contribution in [0.1, 0.15) is 22.1 Å². The standard InChI is InChI=1S/C19H16Cl2/c1-13-16(10-5-11-18(13)20)19(21)12-15-8-4-7-14-6-2-3-9-17(14)15/h2-11,19H,12H2,1H3. The first kappa shape index (κ1) is 14.4. The van der Waals surface area contributed by atoms with Crippen LogP contribution in [0, 0.1) is 6.92 Å². The van der Waals surface area contributed by atoms with Crippen molar-refractivity contribution in [1.82, 2.24) is 0 Å². The number of rotatable bonds is 3. The second-order valence-electron chi connectivity index (χ2n) is 5.26. The van der Waals surface area contributed by atoms with Crippen molar-refractivity contribution in [2.45, 2.75) is 18.7 Å². The van der Waals surface area contributed by atoms with Gasteiger partial charge < -0.3 is 0 Å². The van der Waals surface area contributed by atoms with Crippen LogP contribution in [-0.4, -0.2) is 0 Å². The molecule has 0 spiro atoms. The molecule has 0 heterocycles. The summed E-state index contributed by atoms with van der Waals surface area (Å²) in [7, 11) is 0. The van der Waals surface area contributed by atoms with Crippen LogP contribution in [0.4, 0.5) is 0 Å². The van der Waals surface area contributed by atoms with Crippen LogP contribution in [0.3, 0.4) is 0 Å². The molecule has 21 heavy (non-hydrogen) atoms. The minimum Gasteiger partial charge on any atom is -0.117 e. The van der Waals surface area contributed by atoms with Gasteiger partial charge >= 0.3 is 0 Å². The van der Waals surface area contributed by atoms with Gasteiger partial charge in [0.2, 0.25) is 0 Å². The summed E-state index contributed by atoms with van der Waals surface area (Å²) in [4.78, 5) is 0. The second-order valence-corrected chi connectivity index (χ2v) is 6.20. The van der Waals surface area contributed by atoms with Crippen molar-refractivity contribution in [1.29, 1.82) is 0 Å². The zero-order chi connectivity index (χ0) is 14.8. The van der Waals surface area contributed by atoms with Crippen molar-refractivity contribution in [2.75, 3.05) is 0 Å². The second kappa shape index (κ2) is 6.09. The molecule has 106 valence electrons. The third kappa shape index (κ3) is 2.92. The number of hydrogen-bond donors (Lipinski definition) is 0. The minimum atomic E-state index is -0.0745. The van der Waals surface area contributed by atoms with Crippen LogP contribution < -0.4 is 0 Å². The summed E-state index contributed by atoms with van der Waals surface area (Å²) in [5, 5.41) is 3.22. The van der Waals surface area contributed by atoms with E-state index in [1.165, 1.54) is 16.3 Å². The molecule has 0 aromatic heterocycles. The highest BCUT2D eigenvalue weighted by Crippen LogP contribution is 2.32. The Morgan fingerprint density at radius 3 is 2.48 bits per heavy atom. The lowest BCUT2D eigenvalue weighted by Gasteiger charge is -2.15. The molecule has 1 atom stereocenters. The maximum Gasteiger partial charge on any atom is 0.0628 e. The van der Waals surface area contributed by atoms with Gasteiger partial charge in [0.15, 0.2) is 0 Å². The van der Waals surface area contributed by atoms with Gasteiger partial charge in [-0.1, -0.05) is 66.2 Å². The Balaban J connectivity index is 1.97. The van der Waals surface area contributed by atoms with E-state index >= 15 is 0 Å². The minimum absolute atomic E-state index is 0.0745. The summed E-state index contributed by atoms with van der Waals surface area (Å²) in [5.74, 6) is 0. The predicted molar refractivity (Wildman–Crippen MR) is 92.4 cm³/mol. The SMILES string of the molecule is Cc1c(Cl)cccc1C(Cl)Cc1cccc2ccccc12. The fourth-order valence-corrected chi connectivity index (χ4v) is 3.32. The zero-order valence-corrected chi connectivity index (χ0v) is 13.3. The maximum absolute atomic E-state index is 6.66. The molecule has 0 aliphatic carbocycles. The summed E-state index contributed by atoms with van der Waals surface area (Å²) in [6.07, 6.45) is 0.796. The molecule has 0 aliphatic rings. The van der Waals surface area contributed by atoms with E-state index in [-0.39, 0.29) is 5.38 Å². The molecule has 0 amide bonds. The Labute approximate surface area is 135 Å². The van der Waals surface area contributed by atoms with Crippen LogP contribution in [0.2, 0.25) is 5.02 Å². The van der Waals surface area contributed by atoms with Crippen molar-refractivity contribution in [2.24, 2.45) is 0 Å². The molecule has 0 radical (unpaired) electrons. The van der Waals surface area contributed by atoms with Crippen LogP contribution in [0.5, 0.6) is 0 Å². The zero-order valence-electron chi connectivity index (χ0n) is 11.8. The molecular formula is C19H16Cl2. The molecule has 0 N–H and O–H groups in total. The highest BCUT2D eigenvalue weighted by molar-refractivity contribution is 6.31. The Morgan fingerprint density at radius 2 is 1.62 bits per heavy atom. The first-order chi connectivity index (χ1) is 10.2. The van der Waals surface area contributed by atoms with Gasteiger partial charge in [0.05, 0.1) is 5.38 Å². The van der Waals surface area contributed by atoms with Gasteiger partial charge in [-0.05, 0) is 46.9 Å². The Kier molecular flexibility index (Phi) is 4.19. The van der Waals surface area contributed by atoms with Crippen molar-refractivity contribution in [3.05, 3.63) is 82.4 Å². The van der Waals surface area contributed by atoms with Crippen LogP contribution in [0.15, 0.2) is 60.7 Å². The smallest absolute Gasteiger partial charge is 0.0628 e. The fraction of sp³-hybridized carbons (Fsp3) is 0.158. The van der Waals surface area contributed by atoms with E-state index in [1.54, 1.807) is 0 Å². The van der Waals surface area contributed by atoms with E-state index in [2.05, 4.69) is 48.5 Å². The summed E-state index contributed by atoms with van der Waals surface area (Å²) in [6, 6.07) is 20.7. The van der Waals surface area contributed by atoms with E-state index in [1.807, 2.05) is 19.1 Å². The molecular weight excluding hydrogens is 299 g/mol. The van der Waals surface area contributed by atoms with Gasteiger partial charge in [0.25, 0.3) is 0 Å². The largest absolute Gasteiger partial charge is 0.117 e. The molecule has 3 aromatic carbocycles. The third-order valence-electron chi connectivity index (χ3n) is 3.93. The van der Waals surface area contributed by atoms with Crippen LogP contribution >= 0.6 is 23.2 Å². The molecule has 0 bridgehead atoms. The molecule has 0 saturated carbocycles. The van der Waals surface area contributed by atoms with E-state index in [9.17, 15) is 0 Å². The highest BCUT2D eigenvalue weighted by atomic mass is 35.5. The quantitative estimate of drug-likeness (QED) is 0.496. The molecule has 2 heteroatoms. The monoisotopic (exact) mass is 314 g/mol. The molecule has 0 aliphatic heterocycles. The maximum atomic E-state index is 6.66. The Hall–Kier alpha value is -1.50. The first-order valence-electron chi connectivity index (χ1n) is 7.02. The third-order valence-corrected chi connectivity index (χ3v) is 4.72. The highest BCUT2D eigenvalue weighted by Gasteiger charge is 2.14.